The predicted octanol–water partition coefficient (Wildman–Crippen LogP) is 3.55. The molecule has 1 amide bonds. The standard InChI is InChI=1S/C23H27NO3/c1-22(20-10-6-3-7-11-20,18-19-8-4-2-5-9-19)21(25)24-14-12-23(13-15-24)26-16-17-27-23/h2-11H,12-18H2,1H3. The number of hydrogen-bond acceptors (Lipinski definition) is 3. The van der Waals surface area contributed by atoms with Crippen molar-refractivity contribution in [3.8, 4) is 0 Å². The third kappa shape index (κ3) is 3.64. The summed E-state index contributed by atoms with van der Waals surface area (Å²) in [7, 11) is 0. The summed E-state index contributed by atoms with van der Waals surface area (Å²) in [5.41, 5.74) is 1.64. The summed E-state index contributed by atoms with van der Waals surface area (Å²) in [6, 6.07) is 20.4. The molecule has 4 nitrogen and oxygen atoms in total. The maximum Gasteiger partial charge on any atom is 0.233 e. The van der Waals surface area contributed by atoms with Gasteiger partial charge in [0.05, 0.1) is 18.6 Å². The number of piperidine rings is 1. The largest absolute Gasteiger partial charge is 0.347 e. The molecule has 0 bridgehead atoms. The molecule has 27 heavy (non-hydrogen) atoms. The van der Waals surface area contributed by atoms with E-state index in [1.54, 1.807) is 0 Å². The molecule has 2 aromatic carbocycles. The molecule has 2 fully saturated rings. The second kappa shape index (κ2) is 7.45. The lowest BCUT2D eigenvalue weighted by atomic mass is 9.75. The molecular weight excluding hydrogens is 338 g/mol. The highest BCUT2D eigenvalue weighted by molar-refractivity contribution is 5.88. The zero-order valence-electron chi connectivity index (χ0n) is 15.9. The molecule has 1 spiro atoms. The van der Waals surface area contributed by atoms with Gasteiger partial charge in [-0.3, -0.25) is 4.79 Å². The summed E-state index contributed by atoms with van der Waals surface area (Å²) >= 11 is 0. The summed E-state index contributed by atoms with van der Waals surface area (Å²) in [5, 5.41) is 0. The van der Waals surface area contributed by atoms with E-state index >= 15 is 0 Å². The van der Waals surface area contributed by atoms with E-state index in [2.05, 4.69) is 31.2 Å². The molecule has 2 aliphatic rings. The van der Waals surface area contributed by atoms with E-state index in [-0.39, 0.29) is 5.91 Å². The van der Waals surface area contributed by atoms with E-state index in [0.29, 0.717) is 32.7 Å². The highest BCUT2D eigenvalue weighted by Crippen LogP contribution is 2.35. The first-order valence-corrected chi connectivity index (χ1v) is 9.78. The molecule has 0 saturated carbocycles. The van der Waals surface area contributed by atoms with Gasteiger partial charge in [-0.1, -0.05) is 60.7 Å². The lowest BCUT2D eigenvalue weighted by Gasteiger charge is -2.41. The third-order valence-corrected chi connectivity index (χ3v) is 5.91. The summed E-state index contributed by atoms with van der Waals surface area (Å²) in [6.07, 6.45) is 2.18. The predicted molar refractivity (Wildman–Crippen MR) is 104 cm³/mol. The van der Waals surface area contributed by atoms with Crippen LogP contribution in [0, 0.1) is 0 Å². The Balaban J connectivity index is 1.58. The van der Waals surface area contributed by atoms with Crippen molar-refractivity contribution in [3.63, 3.8) is 0 Å². The van der Waals surface area contributed by atoms with Crippen molar-refractivity contribution in [1.29, 1.82) is 0 Å². The van der Waals surface area contributed by atoms with Crippen molar-refractivity contribution >= 4 is 5.91 Å². The number of carbonyl (C=O) groups excluding carboxylic acids is 1. The lowest BCUT2D eigenvalue weighted by Crippen LogP contribution is -2.53. The molecule has 1 unspecified atom stereocenters. The Bertz CT molecular complexity index is 761. The second-order valence-electron chi connectivity index (χ2n) is 7.76. The fraction of sp³-hybridized carbons (Fsp3) is 0.435. The molecule has 2 saturated heterocycles. The molecule has 2 aromatic rings. The first-order valence-electron chi connectivity index (χ1n) is 9.78. The first-order chi connectivity index (χ1) is 13.1. The van der Waals surface area contributed by atoms with Crippen LogP contribution in [0.15, 0.2) is 60.7 Å². The van der Waals surface area contributed by atoms with E-state index in [4.69, 9.17) is 9.47 Å². The van der Waals surface area contributed by atoms with Gasteiger partial charge >= 0.3 is 0 Å². The Hall–Kier alpha value is -2.17. The minimum atomic E-state index is -0.593. The van der Waals surface area contributed by atoms with Gasteiger partial charge in [0, 0.05) is 25.9 Å². The van der Waals surface area contributed by atoms with Gasteiger partial charge in [-0.25, -0.2) is 0 Å². The first kappa shape index (κ1) is 18.2. The van der Waals surface area contributed by atoms with Gasteiger partial charge in [-0.05, 0) is 24.5 Å². The van der Waals surface area contributed by atoms with Gasteiger partial charge in [0.25, 0.3) is 0 Å². The van der Waals surface area contributed by atoms with Crippen LogP contribution in [0.2, 0.25) is 0 Å². The van der Waals surface area contributed by atoms with Crippen LogP contribution in [0.1, 0.15) is 30.9 Å². The highest BCUT2D eigenvalue weighted by atomic mass is 16.7. The van der Waals surface area contributed by atoms with Crippen molar-refractivity contribution in [2.75, 3.05) is 26.3 Å². The van der Waals surface area contributed by atoms with Crippen LogP contribution in [0.4, 0.5) is 0 Å². The number of amides is 1. The van der Waals surface area contributed by atoms with Crippen LogP contribution >= 0.6 is 0 Å². The van der Waals surface area contributed by atoms with Gasteiger partial charge in [0.2, 0.25) is 5.91 Å². The Morgan fingerprint density at radius 1 is 0.963 bits per heavy atom. The summed E-state index contributed by atoms with van der Waals surface area (Å²) in [6.45, 7) is 4.74. The van der Waals surface area contributed by atoms with Crippen molar-refractivity contribution in [2.24, 2.45) is 0 Å². The number of carbonyl (C=O) groups is 1. The molecular formula is C23H27NO3. The van der Waals surface area contributed by atoms with E-state index in [1.807, 2.05) is 41.3 Å². The summed E-state index contributed by atoms with van der Waals surface area (Å²) in [5.74, 6) is -0.273. The van der Waals surface area contributed by atoms with E-state index in [9.17, 15) is 4.79 Å². The average molecular weight is 365 g/mol. The number of benzene rings is 2. The maximum atomic E-state index is 13.7. The normalized spacial score (nSPS) is 21.1. The maximum absolute atomic E-state index is 13.7. The molecule has 4 rings (SSSR count). The molecule has 0 aromatic heterocycles. The molecule has 0 N–H and O–H groups in total. The van der Waals surface area contributed by atoms with Crippen LogP contribution in [-0.2, 0) is 26.1 Å². The molecule has 2 aliphatic heterocycles. The van der Waals surface area contributed by atoms with Crippen LogP contribution in [0.5, 0.6) is 0 Å². The molecule has 4 heteroatoms. The minimum Gasteiger partial charge on any atom is -0.347 e. The molecule has 1 atom stereocenters. The fourth-order valence-corrected chi connectivity index (χ4v) is 4.30. The third-order valence-electron chi connectivity index (χ3n) is 5.91. The Morgan fingerprint density at radius 2 is 1.52 bits per heavy atom. The van der Waals surface area contributed by atoms with Crippen molar-refractivity contribution in [1.82, 2.24) is 4.90 Å². The monoisotopic (exact) mass is 365 g/mol. The number of nitrogens with zero attached hydrogens (tertiary/aromatic N) is 1. The lowest BCUT2D eigenvalue weighted by molar-refractivity contribution is -0.188. The summed E-state index contributed by atoms with van der Waals surface area (Å²) < 4.78 is 11.6. The second-order valence-corrected chi connectivity index (χ2v) is 7.76. The number of likely N-dealkylation sites (tertiary alicyclic amines) is 1. The van der Waals surface area contributed by atoms with Gasteiger partial charge in [0.15, 0.2) is 5.79 Å². The van der Waals surface area contributed by atoms with Crippen molar-refractivity contribution < 1.29 is 14.3 Å². The molecule has 142 valence electrons. The Labute approximate surface area is 161 Å². The van der Waals surface area contributed by atoms with Crippen molar-refractivity contribution in [3.05, 3.63) is 71.8 Å². The van der Waals surface area contributed by atoms with E-state index in [0.717, 1.165) is 18.4 Å². The zero-order chi connectivity index (χ0) is 18.7. The number of rotatable bonds is 4. The topological polar surface area (TPSA) is 38.8 Å². The fourth-order valence-electron chi connectivity index (χ4n) is 4.30. The van der Waals surface area contributed by atoms with E-state index in [1.165, 1.54) is 5.56 Å². The number of hydrogen-bond donors (Lipinski definition) is 0. The molecule has 0 radical (unpaired) electrons. The smallest absolute Gasteiger partial charge is 0.233 e. The van der Waals surface area contributed by atoms with Crippen LogP contribution in [0.3, 0.4) is 0 Å². The van der Waals surface area contributed by atoms with Crippen LogP contribution in [-0.4, -0.2) is 42.9 Å². The van der Waals surface area contributed by atoms with Crippen molar-refractivity contribution in [2.45, 2.75) is 37.4 Å². The SMILES string of the molecule is CC(Cc1ccccc1)(C(=O)N1CCC2(CC1)OCCO2)c1ccccc1. The highest BCUT2D eigenvalue weighted by Gasteiger charge is 2.44. The quantitative estimate of drug-likeness (QED) is 0.832. The van der Waals surface area contributed by atoms with Gasteiger partial charge in [0.1, 0.15) is 0 Å². The van der Waals surface area contributed by atoms with Crippen LogP contribution < -0.4 is 0 Å². The van der Waals surface area contributed by atoms with Gasteiger partial charge < -0.3 is 14.4 Å². The van der Waals surface area contributed by atoms with Crippen LogP contribution in [0.25, 0.3) is 0 Å². The molecule has 2 heterocycles. The Morgan fingerprint density at radius 3 is 2.11 bits per heavy atom. The number of ether oxygens (including phenoxy) is 2. The molecule has 0 aliphatic carbocycles. The zero-order valence-corrected chi connectivity index (χ0v) is 15.9. The summed E-state index contributed by atoms with van der Waals surface area (Å²) in [4.78, 5) is 15.7. The van der Waals surface area contributed by atoms with E-state index < -0.39 is 11.2 Å². The van der Waals surface area contributed by atoms with Gasteiger partial charge in [-0.2, -0.15) is 0 Å². The minimum absolute atomic E-state index is 0.186. The Kier molecular flexibility index (Phi) is 5.02. The average Bonchev–Trinajstić information content (AvgIpc) is 3.17. The van der Waals surface area contributed by atoms with Gasteiger partial charge in [-0.15, -0.1) is 0 Å².